The summed E-state index contributed by atoms with van der Waals surface area (Å²) in [6.45, 7) is 6.88. The molecule has 1 unspecified atom stereocenters. The first-order chi connectivity index (χ1) is 10.0. The number of carbonyl (C=O) groups is 3. The second-order valence-corrected chi connectivity index (χ2v) is 6.34. The number of rotatable bonds is 7. The Bertz CT molecular complexity index is 431. The Kier molecular flexibility index (Phi) is 8.62. The SMILES string of the molecule is CC(CCC(=O)OCCOC(=O)C(C)(C)C)C(=O)NC(N)=S. The molecule has 0 heterocycles. The van der Waals surface area contributed by atoms with Gasteiger partial charge in [-0.2, -0.15) is 0 Å². The highest BCUT2D eigenvalue weighted by Crippen LogP contribution is 2.14. The molecule has 3 N–H and O–H groups in total. The van der Waals surface area contributed by atoms with E-state index in [0.29, 0.717) is 6.42 Å². The Hall–Kier alpha value is -1.70. The van der Waals surface area contributed by atoms with E-state index in [9.17, 15) is 14.4 Å². The van der Waals surface area contributed by atoms with Crippen LogP contribution in [0.4, 0.5) is 0 Å². The third-order valence-corrected chi connectivity index (χ3v) is 2.77. The molecule has 0 rings (SSSR count). The average molecular weight is 332 g/mol. The zero-order valence-electron chi connectivity index (χ0n) is 13.4. The van der Waals surface area contributed by atoms with Crippen molar-refractivity contribution in [3.63, 3.8) is 0 Å². The zero-order valence-corrected chi connectivity index (χ0v) is 14.2. The molecule has 126 valence electrons. The molecule has 0 aliphatic rings. The van der Waals surface area contributed by atoms with Crippen molar-refractivity contribution < 1.29 is 23.9 Å². The van der Waals surface area contributed by atoms with Crippen LogP contribution in [0.1, 0.15) is 40.5 Å². The van der Waals surface area contributed by atoms with E-state index in [0.717, 1.165) is 0 Å². The van der Waals surface area contributed by atoms with E-state index >= 15 is 0 Å². The number of nitrogens with two attached hydrogens (primary N) is 1. The molecule has 0 saturated heterocycles. The fraction of sp³-hybridized carbons (Fsp3) is 0.714. The molecule has 22 heavy (non-hydrogen) atoms. The van der Waals surface area contributed by atoms with Crippen LogP contribution >= 0.6 is 12.2 Å². The van der Waals surface area contributed by atoms with Crippen LogP contribution in [0.2, 0.25) is 0 Å². The molecule has 0 fully saturated rings. The minimum atomic E-state index is -0.587. The van der Waals surface area contributed by atoms with Crippen LogP contribution < -0.4 is 11.1 Å². The topological polar surface area (TPSA) is 108 Å². The van der Waals surface area contributed by atoms with Gasteiger partial charge in [-0.3, -0.25) is 14.4 Å². The molecule has 0 bridgehead atoms. The van der Waals surface area contributed by atoms with Crippen LogP contribution in [0.15, 0.2) is 0 Å². The lowest BCUT2D eigenvalue weighted by molar-refractivity contribution is -0.158. The molecule has 1 amide bonds. The van der Waals surface area contributed by atoms with Gasteiger partial charge < -0.3 is 20.5 Å². The number of carbonyl (C=O) groups excluding carboxylic acids is 3. The van der Waals surface area contributed by atoms with Gasteiger partial charge in [-0.15, -0.1) is 0 Å². The normalized spacial score (nSPS) is 12.2. The Morgan fingerprint density at radius 1 is 1.18 bits per heavy atom. The highest BCUT2D eigenvalue weighted by atomic mass is 32.1. The maximum Gasteiger partial charge on any atom is 0.311 e. The Balaban J connectivity index is 3.85. The average Bonchev–Trinajstić information content (AvgIpc) is 2.38. The lowest BCUT2D eigenvalue weighted by Crippen LogP contribution is -2.38. The van der Waals surface area contributed by atoms with Gasteiger partial charge in [0.25, 0.3) is 0 Å². The minimum absolute atomic E-state index is 0.00584. The fourth-order valence-electron chi connectivity index (χ4n) is 1.29. The number of amides is 1. The van der Waals surface area contributed by atoms with Crippen molar-refractivity contribution in [3.05, 3.63) is 0 Å². The van der Waals surface area contributed by atoms with E-state index in [1.165, 1.54) is 0 Å². The Morgan fingerprint density at radius 3 is 2.23 bits per heavy atom. The van der Waals surface area contributed by atoms with Gasteiger partial charge >= 0.3 is 11.9 Å². The first kappa shape index (κ1) is 20.3. The molecule has 0 aliphatic carbocycles. The molecule has 0 aliphatic heterocycles. The maximum atomic E-state index is 11.5. The summed E-state index contributed by atoms with van der Waals surface area (Å²) in [5.74, 6) is -1.56. The summed E-state index contributed by atoms with van der Waals surface area (Å²) >= 11 is 4.56. The fourth-order valence-corrected chi connectivity index (χ4v) is 1.39. The summed E-state index contributed by atoms with van der Waals surface area (Å²) in [6, 6.07) is 0. The molecule has 0 aromatic carbocycles. The van der Waals surface area contributed by atoms with Crippen molar-refractivity contribution >= 4 is 35.2 Å². The number of hydrogen-bond donors (Lipinski definition) is 2. The predicted octanol–water partition coefficient (Wildman–Crippen LogP) is 0.895. The summed E-state index contributed by atoms with van der Waals surface area (Å²) in [7, 11) is 0. The van der Waals surface area contributed by atoms with Crippen molar-refractivity contribution in [2.75, 3.05) is 13.2 Å². The molecule has 0 aromatic heterocycles. The quantitative estimate of drug-likeness (QED) is 0.405. The van der Waals surface area contributed by atoms with E-state index < -0.39 is 17.3 Å². The Labute approximate surface area is 135 Å². The second kappa shape index (κ2) is 9.34. The molecular weight excluding hydrogens is 308 g/mol. The van der Waals surface area contributed by atoms with Crippen molar-refractivity contribution in [2.45, 2.75) is 40.5 Å². The molecule has 7 nitrogen and oxygen atoms in total. The lowest BCUT2D eigenvalue weighted by Gasteiger charge is -2.16. The first-order valence-corrected chi connectivity index (χ1v) is 7.38. The number of ether oxygens (including phenoxy) is 2. The summed E-state index contributed by atoms with van der Waals surface area (Å²) in [5.41, 5.74) is 4.60. The van der Waals surface area contributed by atoms with Gasteiger partial charge in [0.05, 0.1) is 5.41 Å². The standard InChI is InChI=1S/C14H24N2O5S/c1-9(11(18)16-13(15)22)5-6-10(17)20-7-8-21-12(19)14(2,3)4/h9H,5-8H2,1-4H3,(H3,15,16,18,22). The molecule has 8 heteroatoms. The number of hydrogen-bond acceptors (Lipinski definition) is 6. The lowest BCUT2D eigenvalue weighted by atomic mass is 9.97. The highest BCUT2D eigenvalue weighted by molar-refractivity contribution is 7.80. The van der Waals surface area contributed by atoms with E-state index in [2.05, 4.69) is 17.5 Å². The zero-order chi connectivity index (χ0) is 17.3. The summed E-state index contributed by atoms with van der Waals surface area (Å²) in [5, 5.41) is 2.21. The molecule has 0 aromatic rings. The maximum absolute atomic E-state index is 11.5. The van der Waals surface area contributed by atoms with Crippen molar-refractivity contribution in [2.24, 2.45) is 17.1 Å². The smallest absolute Gasteiger partial charge is 0.311 e. The van der Waals surface area contributed by atoms with Crippen LogP contribution in [0.25, 0.3) is 0 Å². The summed E-state index contributed by atoms with van der Waals surface area (Å²) < 4.78 is 9.87. The Morgan fingerprint density at radius 2 is 1.73 bits per heavy atom. The van der Waals surface area contributed by atoms with Crippen molar-refractivity contribution in [3.8, 4) is 0 Å². The second-order valence-electron chi connectivity index (χ2n) is 5.90. The predicted molar refractivity (Wildman–Crippen MR) is 84.7 cm³/mol. The molecule has 0 saturated carbocycles. The van der Waals surface area contributed by atoms with E-state index in [4.69, 9.17) is 15.2 Å². The van der Waals surface area contributed by atoms with Gasteiger partial charge in [-0.1, -0.05) is 6.92 Å². The molecule has 0 radical (unpaired) electrons. The van der Waals surface area contributed by atoms with E-state index in [1.54, 1.807) is 27.7 Å². The van der Waals surface area contributed by atoms with Crippen LogP contribution in [-0.2, 0) is 23.9 Å². The first-order valence-electron chi connectivity index (χ1n) is 6.97. The largest absolute Gasteiger partial charge is 0.462 e. The van der Waals surface area contributed by atoms with Crippen LogP contribution in [0.3, 0.4) is 0 Å². The van der Waals surface area contributed by atoms with Crippen LogP contribution in [0.5, 0.6) is 0 Å². The van der Waals surface area contributed by atoms with Crippen molar-refractivity contribution in [1.29, 1.82) is 0 Å². The third kappa shape index (κ3) is 9.28. The summed E-state index contributed by atoms with van der Waals surface area (Å²) in [6.07, 6.45) is 0.397. The van der Waals surface area contributed by atoms with Gasteiger partial charge in [0.2, 0.25) is 5.91 Å². The number of nitrogens with one attached hydrogen (secondary N) is 1. The van der Waals surface area contributed by atoms with Gasteiger partial charge in [0, 0.05) is 12.3 Å². The monoisotopic (exact) mass is 332 g/mol. The number of esters is 2. The van der Waals surface area contributed by atoms with Crippen LogP contribution in [0, 0.1) is 11.3 Å². The van der Waals surface area contributed by atoms with Gasteiger partial charge in [0.15, 0.2) is 5.11 Å². The van der Waals surface area contributed by atoms with Gasteiger partial charge in [-0.25, -0.2) is 0 Å². The van der Waals surface area contributed by atoms with Crippen LogP contribution in [-0.4, -0.2) is 36.2 Å². The molecule has 1 atom stereocenters. The van der Waals surface area contributed by atoms with Gasteiger partial charge in [0.1, 0.15) is 13.2 Å². The summed E-state index contributed by atoms with van der Waals surface area (Å²) in [4.78, 5) is 34.5. The van der Waals surface area contributed by atoms with E-state index in [-0.39, 0.29) is 36.6 Å². The number of thiocarbonyl (C=S) groups is 1. The highest BCUT2D eigenvalue weighted by Gasteiger charge is 2.23. The van der Waals surface area contributed by atoms with Crippen molar-refractivity contribution in [1.82, 2.24) is 5.32 Å². The molecular formula is C14H24N2O5S. The minimum Gasteiger partial charge on any atom is -0.462 e. The van der Waals surface area contributed by atoms with Gasteiger partial charge in [-0.05, 0) is 39.4 Å². The third-order valence-electron chi connectivity index (χ3n) is 2.67. The van der Waals surface area contributed by atoms with E-state index in [1.807, 2.05) is 0 Å². The molecule has 0 spiro atoms.